The maximum atomic E-state index is 5.73. The molecule has 62 valence electrons. The molecule has 0 bridgehead atoms. The van der Waals surface area contributed by atoms with Crippen molar-refractivity contribution in [1.29, 1.82) is 0 Å². The molecule has 0 spiro atoms. The third-order valence-electron chi connectivity index (χ3n) is 1.43. The summed E-state index contributed by atoms with van der Waals surface area (Å²) >= 11 is 5.73. The van der Waals surface area contributed by atoms with E-state index in [-0.39, 0.29) is 0 Å². The number of hydrogen-bond acceptors (Lipinski definition) is 1. The molecule has 10 heavy (non-hydrogen) atoms. The summed E-state index contributed by atoms with van der Waals surface area (Å²) in [5.74, 6) is 1.47. The number of hydrogen-bond donors (Lipinski definition) is 1. The summed E-state index contributed by atoms with van der Waals surface area (Å²) in [5, 5.41) is 3.33. The maximum absolute atomic E-state index is 5.73. The molecular formula is C8H18ClN. The van der Waals surface area contributed by atoms with E-state index in [0.717, 1.165) is 18.3 Å². The highest BCUT2D eigenvalue weighted by Crippen LogP contribution is 2.05. The van der Waals surface area contributed by atoms with Crippen LogP contribution in [0.15, 0.2) is 0 Å². The summed E-state index contributed by atoms with van der Waals surface area (Å²) in [6, 6.07) is 0.506. The zero-order chi connectivity index (χ0) is 7.98. The summed E-state index contributed by atoms with van der Waals surface area (Å²) in [6.07, 6.45) is 1.18. The molecule has 0 aromatic rings. The SMILES string of the molecule is CCNC(CCl)CC(C)C. The summed E-state index contributed by atoms with van der Waals surface area (Å²) < 4.78 is 0. The molecule has 0 aliphatic rings. The van der Waals surface area contributed by atoms with Crippen LogP contribution in [0.25, 0.3) is 0 Å². The summed E-state index contributed by atoms with van der Waals surface area (Å²) in [6.45, 7) is 7.57. The molecule has 0 rings (SSSR count). The Labute approximate surface area is 69.1 Å². The lowest BCUT2D eigenvalue weighted by molar-refractivity contribution is 0.454. The van der Waals surface area contributed by atoms with Crippen LogP contribution in [0.4, 0.5) is 0 Å². The molecule has 0 aromatic carbocycles. The molecule has 0 radical (unpaired) electrons. The van der Waals surface area contributed by atoms with E-state index in [4.69, 9.17) is 11.6 Å². The van der Waals surface area contributed by atoms with Gasteiger partial charge >= 0.3 is 0 Å². The average Bonchev–Trinajstić information content (AvgIpc) is 1.86. The number of halogens is 1. The Morgan fingerprint density at radius 2 is 2.00 bits per heavy atom. The number of nitrogens with one attached hydrogen (secondary N) is 1. The molecule has 0 saturated carbocycles. The Morgan fingerprint density at radius 1 is 1.40 bits per heavy atom. The van der Waals surface area contributed by atoms with Gasteiger partial charge in [-0.2, -0.15) is 0 Å². The van der Waals surface area contributed by atoms with Gasteiger partial charge in [-0.1, -0.05) is 20.8 Å². The minimum Gasteiger partial charge on any atom is -0.313 e. The lowest BCUT2D eigenvalue weighted by Crippen LogP contribution is -2.31. The normalized spacial score (nSPS) is 14.1. The Kier molecular flexibility index (Phi) is 6.14. The van der Waals surface area contributed by atoms with Gasteiger partial charge in [0, 0.05) is 11.9 Å². The van der Waals surface area contributed by atoms with Gasteiger partial charge in [0.1, 0.15) is 0 Å². The zero-order valence-electron chi connectivity index (χ0n) is 7.15. The number of rotatable bonds is 5. The lowest BCUT2D eigenvalue weighted by atomic mass is 10.1. The van der Waals surface area contributed by atoms with E-state index in [1.807, 2.05) is 0 Å². The molecule has 0 saturated heterocycles. The first-order valence-corrected chi connectivity index (χ1v) is 4.53. The molecule has 1 N–H and O–H groups in total. The van der Waals surface area contributed by atoms with E-state index in [1.54, 1.807) is 0 Å². The van der Waals surface area contributed by atoms with E-state index in [2.05, 4.69) is 26.1 Å². The Hall–Kier alpha value is 0.250. The molecule has 0 aliphatic heterocycles. The quantitative estimate of drug-likeness (QED) is 0.614. The van der Waals surface area contributed by atoms with Crippen LogP contribution in [-0.2, 0) is 0 Å². The summed E-state index contributed by atoms with van der Waals surface area (Å²) in [5.41, 5.74) is 0. The van der Waals surface area contributed by atoms with Gasteiger partial charge < -0.3 is 5.32 Å². The maximum Gasteiger partial charge on any atom is 0.0377 e. The molecule has 1 nitrogen and oxygen atoms in total. The second-order valence-electron chi connectivity index (χ2n) is 3.04. The molecular weight excluding hydrogens is 146 g/mol. The first-order chi connectivity index (χ1) is 4.70. The fraction of sp³-hybridized carbons (Fsp3) is 1.00. The van der Waals surface area contributed by atoms with Crippen LogP contribution in [0.2, 0.25) is 0 Å². The Bertz CT molecular complexity index is 73.7. The first kappa shape index (κ1) is 10.2. The van der Waals surface area contributed by atoms with Crippen molar-refractivity contribution in [2.75, 3.05) is 12.4 Å². The van der Waals surface area contributed by atoms with Crippen molar-refractivity contribution in [3.63, 3.8) is 0 Å². The zero-order valence-corrected chi connectivity index (χ0v) is 7.91. The van der Waals surface area contributed by atoms with Gasteiger partial charge in [0.2, 0.25) is 0 Å². The third kappa shape index (κ3) is 5.07. The van der Waals surface area contributed by atoms with Crippen LogP contribution in [0.1, 0.15) is 27.2 Å². The third-order valence-corrected chi connectivity index (χ3v) is 1.81. The molecule has 2 heteroatoms. The highest BCUT2D eigenvalue weighted by Gasteiger charge is 2.06. The van der Waals surface area contributed by atoms with Crippen molar-refractivity contribution in [2.24, 2.45) is 5.92 Å². The van der Waals surface area contributed by atoms with Crippen molar-refractivity contribution >= 4 is 11.6 Å². The molecule has 0 heterocycles. The monoisotopic (exact) mass is 163 g/mol. The van der Waals surface area contributed by atoms with Crippen LogP contribution < -0.4 is 5.32 Å². The Balaban J connectivity index is 3.39. The van der Waals surface area contributed by atoms with Gasteiger partial charge in [-0.15, -0.1) is 11.6 Å². The van der Waals surface area contributed by atoms with Gasteiger partial charge in [0.05, 0.1) is 0 Å². The van der Waals surface area contributed by atoms with Crippen LogP contribution in [-0.4, -0.2) is 18.5 Å². The highest BCUT2D eigenvalue weighted by atomic mass is 35.5. The van der Waals surface area contributed by atoms with Gasteiger partial charge in [-0.25, -0.2) is 0 Å². The van der Waals surface area contributed by atoms with Crippen LogP contribution in [0.5, 0.6) is 0 Å². The second-order valence-corrected chi connectivity index (χ2v) is 3.35. The fourth-order valence-electron chi connectivity index (χ4n) is 1.06. The molecule has 0 fully saturated rings. The van der Waals surface area contributed by atoms with Crippen molar-refractivity contribution in [2.45, 2.75) is 33.2 Å². The van der Waals surface area contributed by atoms with Crippen LogP contribution in [0.3, 0.4) is 0 Å². The largest absolute Gasteiger partial charge is 0.313 e. The predicted octanol–water partition coefficient (Wildman–Crippen LogP) is 2.25. The predicted molar refractivity (Wildman–Crippen MR) is 47.6 cm³/mol. The topological polar surface area (TPSA) is 12.0 Å². The first-order valence-electron chi connectivity index (χ1n) is 4.00. The Morgan fingerprint density at radius 3 is 2.30 bits per heavy atom. The van der Waals surface area contributed by atoms with Crippen molar-refractivity contribution < 1.29 is 0 Å². The van der Waals surface area contributed by atoms with Crippen molar-refractivity contribution in [3.05, 3.63) is 0 Å². The second kappa shape index (κ2) is 5.99. The molecule has 0 aliphatic carbocycles. The van der Waals surface area contributed by atoms with Gasteiger partial charge in [0.25, 0.3) is 0 Å². The molecule has 1 atom stereocenters. The van der Waals surface area contributed by atoms with Crippen molar-refractivity contribution in [3.8, 4) is 0 Å². The van der Waals surface area contributed by atoms with E-state index in [1.165, 1.54) is 6.42 Å². The molecule has 0 amide bonds. The fourth-order valence-corrected chi connectivity index (χ4v) is 1.29. The summed E-state index contributed by atoms with van der Waals surface area (Å²) in [4.78, 5) is 0. The molecule has 0 aromatic heterocycles. The smallest absolute Gasteiger partial charge is 0.0377 e. The summed E-state index contributed by atoms with van der Waals surface area (Å²) in [7, 11) is 0. The lowest BCUT2D eigenvalue weighted by Gasteiger charge is -2.16. The number of alkyl halides is 1. The van der Waals surface area contributed by atoms with Crippen molar-refractivity contribution in [1.82, 2.24) is 5.32 Å². The standard InChI is InChI=1S/C8H18ClN/c1-4-10-8(6-9)5-7(2)3/h7-8,10H,4-6H2,1-3H3. The highest BCUT2D eigenvalue weighted by molar-refractivity contribution is 6.18. The van der Waals surface area contributed by atoms with Crippen LogP contribution >= 0.6 is 11.6 Å². The van der Waals surface area contributed by atoms with E-state index in [0.29, 0.717) is 6.04 Å². The minimum absolute atomic E-state index is 0.506. The average molecular weight is 164 g/mol. The van der Waals surface area contributed by atoms with Gasteiger partial charge in [0.15, 0.2) is 0 Å². The van der Waals surface area contributed by atoms with Gasteiger partial charge in [-0.3, -0.25) is 0 Å². The van der Waals surface area contributed by atoms with Crippen LogP contribution in [0, 0.1) is 5.92 Å². The minimum atomic E-state index is 0.506. The molecule has 1 unspecified atom stereocenters. The van der Waals surface area contributed by atoms with Gasteiger partial charge in [-0.05, 0) is 18.9 Å². The van der Waals surface area contributed by atoms with E-state index < -0.39 is 0 Å². The van der Waals surface area contributed by atoms with E-state index >= 15 is 0 Å². The van der Waals surface area contributed by atoms with E-state index in [9.17, 15) is 0 Å².